The van der Waals surface area contributed by atoms with Gasteiger partial charge in [0.25, 0.3) is 0 Å². The van der Waals surface area contributed by atoms with E-state index in [0.29, 0.717) is 12.2 Å². The molecule has 0 saturated heterocycles. The van der Waals surface area contributed by atoms with Crippen molar-refractivity contribution < 1.29 is 5.11 Å². The first-order chi connectivity index (χ1) is 6.31. The van der Waals surface area contributed by atoms with Crippen LogP contribution in [0.4, 0.5) is 5.69 Å². The number of hydrogen-bond donors (Lipinski definition) is 2. The van der Waals surface area contributed by atoms with E-state index in [1.54, 1.807) is 6.20 Å². The van der Waals surface area contributed by atoms with Crippen molar-refractivity contribution in [1.29, 1.82) is 0 Å². The Balaban J connectivity index is 2.55. The second kappa shape index (κ2) is 3.06. The third kappa shape index (κ3) is 1.36. The number of anilines is 1. The molecule has 0 atom stereocenters. The van der Waals surface area contributed by atoms with Crippen molar-refractivity contribution in [3.05, 3.63) is 24.5 Å². The maximum absolute atomic E-state index is 8.78. The Kier molecular flexibility index (Phi) is 1.90. The number of nitrogen functional groups attached to an aromatic ring is 1. The van der Waals surface area contributed by atoms with Gasteiger partial charge in [0.2, 0.25) is 0 Å². The summed E-state index contributed by atoms with van der Waals surface area (Å²) in [5, 5.41) is 9.79. The summed E-state index contributed by atoms with van der Waals surface area (Å²) in [6.45, 7) is 0.691. The molecule has 4 nitrogen and oxygen atoms in total. The highest BCUT2D eigenvalue weighted by Crippen LogP contribution is 2.15. The number of nitrogens with zero attached hydrogens (tertiary/aromatic N) is 2. The van der Waals surface area contributed by atoms with Crippen molar-refractivity contribution in [2.24, 2.45) is 0 Å². The lowest BCUT2D eigenvalue weighted by molar-refractivity contribution is 0.278. The summed E-state index contributed by atoms with van der Waals surface area (Å²) in [6.07, 6.45) is 3.52. The average molecular weight is 177 g/mol. The van der Waals surface area contributed by atoms with Crippen LogP contribution in [0.5, 0.6) is 0 Å². The molecule has 0 unspecified atom stereocenters. The Bertz CT molecular complexity index is 422. The average Bonchev–Trinajstić information content (AvgIpc) is 2.49. The van der Waals surface area contributed by atoms with E-state index in [2.05, 4.69) is 4.98 Å². The molecule has 3 N–H and O–H groups in total. The molecule has 2 heterocycles. The largest absolute Gasteiger partial charge is 0.397 e. The zero-order valence-electron chi connectivity index (χ0n) is 7.14. The van der Waals surface area contributed by atoms with Crippen molar-refractivity contribution in [3.8, 4) is 0 Å². The minimum absolute atomic E-state index is 0.121. The van der Waals surface area contributed by atoms with Gasteiger partial charge >= 0.3 is 0 Å². The quantitative estimate of drug-likeness (QED) is 0.706. The van der Waals surface area contributed by atoms with Crippen molar-refractivity contribution in [2.75, 3.05) is 12.3 Å². The first-order valence-corrected chi connectivity index (χ1v) is 4.12. The van der Waals surface area contributed by atoms with Crippen molar-refractivity contribution in [1.82, 2.24) is 9.55 Å². The predicted molar refractivity (Wildman–Crippen MR) is 51.2 cm³/mol. The summed E-state index contributed by atoms with van der Waals surface area (Å²) in [5.41, 5.74) is 7.11. The Morgan fingerprint density at radius 2 is 2.38 bits per heavy atom. The Labute approximate surface area is 75.6 Å². The highest BCUT2D eigenvalue weighted by atomic mass is 16.3. The number of rotatable bonds is 2. The molecule has 0 aromatic carbocycles. The molecule has 68 valence electrons. The molecule has 4 heteroatoms. The molecule has 0 aliphatic rings. The predicted octanol–water partition coefficient (Wildman–Crippen LogP) is 0.611. The molecular weight excluding hydrogens is 166 g/mol. The second-order valence-electron chi connectivity index (χ2n) is 2.91. The van der Waals surface area contributed by atoms with Gasteiger partial charge in [-0.25, -0.2) is 4.98 Å². The number of nitrogens with two attached hydrogens (primary N) is 1. The van der Waals surface area contributed by atoms with E-state index in [9.17, 15) is 0 Å². The molecule has 0 spiro atoms. The lowest BCUT2D eigenvalue weighted by Crippen LogP contribution is -2.01. The number of hydrogen-bond acceptors (Lipinski definition) is 3. The van der Waals surface area contributed by atoms with Crippen molar-refractivity contribution in [2.45, 2.75) is 6.54 Å². The van der Waals surface area contributed by atoms with Gasteiger partial charge in [-0.1, -0.05) is 0 Å². The molecule has 0 aliphatic heterocycles. The van der Waals surface area contributed by atoms with Crippen LogP contribution in [0.2, 0.25) is 0 Å². The third-order valence-corrected chi connectivity index (χ3v) is 1.96. The van der Waals surface area contributed by atoms with Gasteiger partial charge in [-0.3, -0.25) is 0 Å². The number of pyridine rings is 1. The van der Waals surface area contributed by atoms with Gasteiger partial charge in [-0.2, -0.15) is 0 Å². The summed E-state index contributed by atoms with van der Waals surface area (Å²) < 4.78 is 1.90. The van der Waals surface area contributed by atoms with Crippen LogP contribution in [0.15, 0.2) is 24.5 Å². The van der Waals surface area contributed by atoms with Gasteiger partial charge in [0.15, 0.2) is 0 Å². The van der Waals surface area contributed by atoms with E-state index in [4.69, 9.17) is 10.8 Å². The summed E-state index contributed by atoms with van der Waals surface area (Å²) in [5.74, 6) is 0. The molecular formula is C9H11N3O. The van der Waals surface area contributed by atoms with E-state index in [1.165, 1.54) is 0 Å². The Morgan fingerprint density at radius 1 is 1.54 bits per heavy atom. The molecule has 2 aromatic rings. The van der Waals surface area contributed by atoms with Crippen molar-refractivity contribution >= 4 is 16.7 Å². The lowest BCUT2D eigenvalue weighted by atomic mass is 10.3. The molecule has 0 fully saturated rings. The maximum atomic E-state index is 8.78. The van der Waals surface area contributed by atoms with Gasteiger partial charge in [-0.15, -0.1) is 0 Å². The summed E-state index contributed by atoms with van der Waals surface area (Å²) in [6, 6.07) is 3.81. The second-order valence-corrected chi connectivity index (χ2v) is 2.91. The highest BCUT2D eigenvalue weighted by Gasteiger charge is 2.01. The highest BCUT2D eigenvalue weighted by molar-refractivity contribution is 5.79. The Morgan fingerprint density at radius 3 is 3.15 bits per heavy atom. The van der Waals surface area contributed by atoms with Gasteiger partial charge in [0, 0.05) is 18.1 Å². The third-order valence-electron chi connectivity index (χ3n) is 1.96. The zero-order chi connectivity index (χ0) is 9.26. The van der Waals surface area contributed by atoms with Crippen LogP contribution >= 0.6 is 0 Å². The first kappa shape index (κ1) is 8.07. The molecule has 0 radical (unpaired) electrons. The molecule has 0 aliphatic carbocycles. The van der Waals surface area contributed by atoms with Gasteiger partial charge in [0.1, 0.15) is 5.65 Å². The summed E-state index contributed by atoms with van der Waals surface area (Å²) >= 11 is 0. The summed E-state index contributed by atoms with van der Waals surface area (Å²) in [7, 11) is 0. The number of aliphatic hydroxyl groups excluding tert-OH is 1. The standard InChI is InChI=1S/C9H11N3O/c10-8-5-7-1-2-12(3-4-13)9(7)11-6-8/h1-2,5-6,13H,3-4,10H2. The Hall–Kier alpha value is -1.55. The van der Waals surface area contributed by atoms with Crippen LogP contribution in [0, 0.1) is 0 Å². The van der Waals surface area contributed by atoms with Gasteiger partial charge in [-0.05, 0) is 12.1 Å². The van der Waals surface area contributed by atoms with E-state index in [0.717, 1.165) is 11.0 Å². The first-order valence-electron chi connectivity index (χ1n) is 4.12. The minimum atomic E-state index is 0.121. The minimum Gasteiger partial charge on any atom is -0.397 e. The monoisotopic (exact) mass is 177 g/mol. The van der Waals surface area contributed by atoms with Crippen LogP contribution in [-0.2, 0) is 6.54 Å². The van der Waals surface area contributed by atoms with E-state index < -0.39 is 0 Å². The van der Waals surface area contributed by atoms with Crippen LogP contribution in [0.3, 0.4) is 0 Å². The molecule has 0 amide bonds. The van der Waals surface area contributed by atoms with Crippen molar-refractivity contribution in [3.63, 3.8) is 0 Å². The van der Waals surface area contributed by atoms with Crippen LogP contribution in [0.25, 0.3) is 11.0 Å². The van der Waals surface area contributed by atoms with Crippen LogP contribution < -0.4 is 5.73 Å². The molecule has 0 saturated carbocycles. The lowest BCUT2D eigenvalue weighted by Gasteiger charge is -2.00. The number of aromatic nitrogens is 2. The molecule has 2 rings (SSSR count). The molecule has 13 heavy (non-hydrogen) atoms. The zero-order valence-corrected chi connectivity index (χ0v) is 7.14. The van der Waals surface area contributed by atoms with Crippen LogP contribution in [0.1, 0.15) is 0 Å². The number of fused-ring (bicyclic) bond motifs is 1. The van der Waals surface area contributed by atoms with Crippen LogP contribution in [-0.4, -0.2) is 21.3 Å². The SMILES string of the molecule is Nc1cnc2c(ccn2CCO)c1. The number of aliphatic hydroxyl groups is 1. The molecule has 0 bridgehead atoms. The molecule has 2 aromatic heterocycles. The summed E-state index contributed by atoms with van der Waals surface area (Å²) in [4.78, 5) is 4.19. The van der Waals surface area contributed by atoms with E-state index in [1.807, 2.05) is 22.9 Å². The van der Waals surface area contributed by atoms with E-state index in [-0.39, 0.29) is 6.61 Å². The maximum Gasteiger partial charge on any atom is 0.140 e. The fourth-order valence-corrected chi connectivity index (χ4v) is 1.38. The normalized spacial score (nSPS) is 10.8. The van der Waals surface area contributed by atoms with Gasteiger partial charge in [0.05, 0.1) is 18.5 Å². The fraction of sp³-hybridized carbons (Fsp3) is 0.222. The smallest absolute Gasteiger partial charge is 0.140 e. The topological polar surface area (TPSA) is 64.1 Å². The fourth-order valence-electron chi connectivity index (χ4n) is 1.38. The van der Waals surface area contributed by atoms with Gasteiger partial charge < -0.3 is 15.4 Å². The van der Waals surface area contributed by atoms with E-state index >= 15 is 0 Å².